The first kappa shape index (κ1) is 15.1. The molecule has 0 fully saturated rings. The summed E-state index contributed by atoms with van der Waals surface area (Å²) in [5, 5.41) is 8.87. The molecular formula is C10H15NO5S2. The number of hydrogen-bond donors (Lipinski definition) is 2. The minimum Gasteiger partial charge on any atom is -0.480 e. The van der Waals surface area contributed by atoms with Crippen molar-refractivity contribution < 1.29 is 23.1 Å². The fraction of sp³-hybridized carbons (Fsp3) is 0.500. The molecule has 18 heavy (non-hydrogen) atoms. The highest BCUT2D eigenvalue weighted by Crippen LogP contribution is 2.24. The predicted molar refractivity (Wildman–Crippen MR) is 67.4 cm³/mol. The maximum atomic E-state index is 12.0. The van der Waals surface area contributed by atoms with Crippen LogP contribution in [0.1, 0.15) is 10.4 Å². The van der Waals surface area contributed by atoms with Crippen molar-refractivity contribution in [3.63, 3.8) is 0 Å². The number of methoxy groups -OCH3 is 1. The number of carboxylic acid groups (broad SMARTS) is 1. The highest BCUT2D eigenvalue weighted by atomic mass is 32.2. The summed E-state index contributed by atoms with van der Waals surface area (Å²) in [5.41, 5.74) is 0.860. The lowest BCUT2D eigenvalue weighted by Gasteiger charge is -2.12. The zero-order valence-corrected chi connectivity index (χ0v) is 11.9. The Labute approximate surface area is 110 Å². The summed E-state index contributed by atoms with van der Waals surface area (Å²) in [6.07, 6.45) is 0. The molecule has 0 bridgehead atoms. The average Bonchev–Trinajstić information content (AvgIpc) is 2.59. The zero-order chi connectivity index (χ0) is 13.9. The van der Waals surface area contributed by atoms with E-state index in [4.69, 9.17) is 5.11 Å². The van der Waals surface area contributed by atoms with Gasteiger partial charge in [0.25, 0.3) is 10.0 Å². The molecule has 0 aliphatic heterocycles. The lowest BCUT2D eigenvalue weighted by atomic mass is 10.3. The van der Waals surface area contributed by atoms with Crippen molar-refractivity contribution in [3.8, 4) is 0 Å². The summed E-state index contributed by atoms with van der Waals surface area (Å²) in [6.45, 7) is 3.38. The number of sulfonamides is 1. The first-order valence-corrected chi connectivity index (χ1v) is 7.39. The van der Waals surface area contributed by atoms with Gasteiger partial charge in [0.2, 0.25) is 0 Å². The number of hydrogen-bond acceptors (Lipinski definition) is 5. The molecule has 1 aromatic rings. The maximum absolute atomic E-state index is 12.0. The van der Waals surface area contributed by atoms with Crippen molar-refractivity contribution in [2.24, 2.45) is 0 Å². The number of aliphatic carboxylic acids is 1. The second-order valence-electron chi connectivity index (χ2n) is 3.77. The molecule has 0 spiro atoms. The van der Waals surface area contributed by atoms with Crippen LogP contribution in [0.2, 0.25) is 0 Å². The molecule has 1 unspecified atom stereocenters. The van der Waals surface area contributed by atoms with E-state index in [0.29, 0.717) is 0 Å². The van der Waals surface area contributed by atoms with Gasteiger partial charge < -0.3 is 9.84 Å². The highest BCUT2D eigenvalue weighted by molar-refractivity contribution is 7.91. The van der Waals surface area contributed by atoms with Crippen LogP contribution < -0.4 is 4.72 Å². The number of thiophene rings is 1. The standard InChI is InChI=1S/C10H15NO5S2/c1-6-4-9(17-7(6)2)18(14,15)11-8(5-16-3)10(12)13/h4,8,11H,5H2,1-3H3,(H,12,13). The monoisotopic (exact) mass is 293 g/mol. The molecule has 0 aliphatic carbocycles. The van der Waals surface area contributed by atoms with Gasteiger partial charge in [0.15, 0.2) is 0 Å². The Morgan fingerprint density at radius 3 is 2.56 bits per heavy atom. The first-order chi connectivity index (χ1) is 8.27. The summed E-state index contributed by atoms with van der Waals surface area (Å²) >= 11 is 1.11. The van der Waals surface area contributed by atoms with Gasteiger partial charge in [-0.25, -0.2) is 8.42 Å². The van der Waals surface area contributed by atoms with Gasteiger partial charge in [-0.2, -0.15) is 4.72 Å². The number of carbonyl (C=O) groups is 1. The van der Waals surface area contributed by atoms with Crippen LogP contribution in [-0.4, -0.2) is 39.3 Å². The number of nitrogens with one attached hydrogen (secondary N) is 1. The third-order valence-electron chi connectivity index (χ3n) is 2.34. The third kappa shape index (κ3) is 3.52. The van der Waals surface area contributed by atoms with Gasteiger partial charge in [-0.3, -0.25) is 4.79 Å². The molecule has 1 atom stereocenters. The molecule has 0 radical (unpaired) electrons. The minimum absolute atomic E-state index is 0.111. The first-order valence-electron chi connectivity index (χ1n) is 5.09. The van der Waals surface area contributed by atoms with Crippen molar-refractivity contribution in [3.05, 3.63) is 16.5 Å². The van der Waals surface area contributed by atoms with Gasteiger partial charge in [-0.15, -0.1) is 11.3 Å². The topological polar surface area (TPSA) is 92.7 Å². The Morgan fingerprint density at radius 1 is 1.56 bits per heavy atom. The van der Waals surface area contributed by atoms with Gasteiger partial charge in [0, 0.05) is 12.0 Å². The van der Waals surface area contributed by atoms with E-state index in [2.05, 4.69) is 9.46 Å². The normalized spacial score (nSPS) is 13.5. The van der Waals surface area contributed by atoms with E-state index in [0.717, 1.165) is 21.8 Å². The Hall–Kier alpha value is -0.960. The molecule has 8 heteroatoms. The van der Waals surface area contributed by atoms with Crippen molar-refractivity contribution in [2.75, 3.05) is 13.7 Å². The Balaban J connectivity index is 2.96. The van der Waals surface area contributed by atoms with Crippen LogP contribution in [0.5, 0.6) is 0 Å². The molecule has 0 aliphatic rings. The van der Waals surface area contributed by atoms with Crippen LogP contribution >= 0.6 is 11.3 Å². The highest BCUT2D eigenvalue weighted by Gasteiger charge is 2.26. The largest absolute Gasteiger partial charge is 0.480 e. The van der Waals surface area contributed by atoms with Crippen LogP contribution in [0.3, 0.4) is 0 Å². The molecule has 0 amide bonds. The third-order valence-corrected chi connectivity index (χ3v) is 5.43. The number of carboxylic acids is 1. The zero-order valence-electron chi connectivity index (χ0n) is 10.3. The van der Waals surface area contributed by atoms with E-state index in [9.17, 15) is 13.2 Å². The Kier molecular flexibility index (Phi) is 4.85. The van der Waals surface area contributed by atoms with Crippen LogP contribution in [0.4, 0.5) is 0 Å². The second kappa shape index (κ2) is 5.79. The molecule has 1 rings (SSSR count). The fourth-order valence-electron chi connectivity index (χ4n) is 1.24. The van der Waals surface area contributed by atoms with E-state index in [1.54, 1.807) is 6.92 Å². The van der Waals surface area contributed by atoms with E-state index < -0.39 is 22.0 Å². The van der Waals surface area contributed by atoms with E-state index in [-0.39, 0.29) is 10.8 Å². The smallest absolute Gasteiger partial charge is 0.324 e. The molecule has 0 saturated carbocycles. The molecule has 0 saturated heterocycles. The van der Waals surface area contributed by atoms with Gasteiger partial charge >= 0.3 is 5.97 Å². The molecule has 2 N–H and O–H groups in total. The lowest BCUT2D eigenvalue weighted by molar-refractivity contribution is -0.140. The quantitative estimate of drug-likeness (QED) is 0.807. The van der Waals surface area contributed by atoms with Gasteiger partial charge in [0.1, 0.15) is 10.3 Å². The number of aryl methyl sites for hydroxylation is 2. The molecular weight excluding hydrogens is 278 g/mol. The number of ether oxygens (including phenoxy) is 1. The van der Waals surface area contributed by atoms with Gasteiger partial charge in [0.05, 0.1) is 6.61 Å². The average molecular weight is 293 g/mol. The molecule has 1 aromatic heterocycles. The Morgan fingerprint density at radius 2 is 2.17 bits per heavy atom. The van der Waals surface area contributed by atoms with Crippen molar-refractivity contribution >= 4 is 27.3 Å². The SMILES string of the molecule is COCC(NS(=O)(=O)c1cc(C)c(C)s1)C(=O)O. The molecule has 102 valence electrons. The fourth-order valence-corrected chi connectivity index (χ4v) is 3.95. The van der Waals surface area contributed by atoms with Crippen molar-refractivity contribution in [1.82, 2.24) is 4.72 Å². The summed E-state index contributed by atoms with van der Waals surface area (Å²) in [4.78, 5) is 11.8. The molecule has 0 aromatic carbocycles. The van der Waals surface area contributed by atoms with Crippen LogP contribution in [0, 0.1) is 13.8 Å². The predicted octanol–water partition coefficient (Wildman–Crippen LogP) is 0.743. The number of rotatable bonds is 6. The van der Waals surface area contributed by atoms with Gasteiger partial charge in [-0.1, -0.05) is 0 Å². The van der Waals surface area contributed by atoms with Crippen LogP contribution in [0.25, 0.3) is 0 Å². The van der Waals surface area contributed by atoms with Gasteiger partial charge in [-0.05, 0) is 25.5 Å². The van der Waals surface area contributed by atoms with E-state index in [1.165, 1.54) is 13.2 Å². The Bertz CT molecular complexity index is 515. The second-order valence-corrected chi connectivity index (χ2v) is 6.97. The van der Waals surface area contributed by atoms with Crippen LogP contribution in [0.15, 0.2) is 10.3 Å². The summed E-state index contributed by atoms with van der Waals surface area (Å²) in [6, 6.07) is 0.233. The lowest BCUT2D eigenvalue weighted by Crippen LogP contribution is -2.43. The molecule has 1 heterocycles. The van der Waals surface area contributed by atoms with Crippen molar-refractivity contribution in [2.45, 2.75) is 24.1 Å². The van der Waals surface area contributed by atoms with E-state index >= 15 is 0 Å². The van der Waals surface area contributed by atoms with Crippen molar-refractivity contribution in [1.29, 1.82) is 0 Å². The van der Waals surface area contributed by atoms with Crippen LogP contribution in [-0.2, 0) is 19.6 Å². The summed E-state index contributed by atoms with van der Waals surface area (Å²) in [7, 11) is -2.51. The molecule has 6 nitrogen and oxygen atoms in total. The summed E-state index contributed by atoms with van der Waals surface area (Å²) < 4.78 is 30.8. The minimum atomic E-state index is -3.82. The maximum Gasteiger partial charge on any atom is 0.324 e. The van der Waals surface area contributed by atoms with E-state index in [1.807, 2.05) is 6.92 Å². The summed E-state index contributed by atoms with van der Waals surface area (Å²) in [5.74, 6) is -1.27.